The van der Waals surface area contributed by atoms with Crippen LogP contribution in [0, 0.1) is 0 Å². The molecule has 0 unspecified atom stereocenters. The summed E-state index contributed by atoms with van der Waals surface area (Å²) < 4.78 is 23.8. The summed E-state index contributed by atoms with van der Waals surface area (Å²) in [4.78, 5) is 0. The Bertz CT molecular complexity index is 1330. The number of methoxy groups -OCH3 is 2. The maximum absolute atomic E-state index is 6.35. The fourth-order valence-corrected chi connectivity index (χ4v) is 4.71. The summed E-state index contributed by atoms with van der Waals surface area (Å²) in [6.07, 6.45) is 2.49. The molecule has 4 aromatic rings. The molecule has 0 bridgehead atoms. The third-order valence-corrected chi connectivity index (χ3v) is 6.57. The van der Waals surface area contributed by atoms with E-state index in [0.717, 1.165) is 58.9 Å². The van der Waals surface area contributed by atoms with Crippen molar-refractivity contribution in [2.24, 2.45) is 0 Å². The molecule has 0 aromatic heterocycles. The number of nitrogens with two attached hydrogens (primary N) is 2. The zero-order chi connectivity index (χ0) is 27.8. The summed E-state index contributed by atoms with van der Waals surface area (Å²) in [7, 11) is 3.38. The molecule has 4 N–H and O–H groups in total. The highest BCUT2D eigenvalue weighted by Gasteiger charge is 2.17. The van der Waals surface area contributed by atoms with Gasteiger partial charge in [-0.05, 0) is 102 Å². The molecular weight excluding hydrogens is 488 g/mol. The molecule has 0 aliphatic carbocycles. The van der Waals surface area contributed by atoms with Crippen LogP contribution in [-0.2, 0) is 41.9 Å². The van der Waals surface area contributed by atoms with Crippen LogP contribution in [0.1, 0.15) is 47.2 Å². The normalized spacial score (nSPS) is 11.0. The average molecular weight is 527 g/mol. The average Bonchev–Trinajstić information content (AvgIpc) is 2.93. The predicted octanol–water partition coefficient (Wildman–Crippen LogP) is 7.44. The lowest BCUT2D eigenvalue weighted by Crippen LogP contribution is -2.04. The molecule has 6 nitrogen and oxygen atoms in total. The smallest absolute Gasteiger partial charge is 0.138 e. The van der Waals surface area contributed by atoms with Crippen molar-refractivity contribution in [3.63, 3.8) is 0 Å². The number of ether oxygens (including phenoxy) is 4. The van der Waals surface area contributed by atoms with Gasteiger partial charge in [0.2, 0.25) is 0 Å². The molecular formula is C33H38N2O4. The van der Waals surface area contributed by atoms with Gasteiger partial charge in [0.1, 0.15) is 23.0 Å². The minimum Gasteiger partial charge on any atom is -0.457 e. The zero-order valence-electron chi connectivity index (χ0n) is 23.3. The Morgan fingerprint density at radius 1 is 0.538 bits per heavy atom. The minimum atomic E-state index is 0.420. The molecule has 0 saturated carbocycles. The van der Waals surface area contributed by atoms with Crippen molar-refractivity contribution >= 4 is 11.4 Å². The first-order valence-electron chi connectivity index (χ1n) is 13.3. The van der Waals surface area contributed by atoms with E-state index in [0.29, 0.717) is 24.7 Å². The number of anilines is 2. The molecule has 4 aromatic carbocycles. The predicted molar refractivity (Wildman–Crippen MR) is 158 cm³/mol. The van der Waals surface area contributed by atoms with E-state index >= 15 is 0 Å². The largest absolute Gasteiger partial charge is 0.457 e. The van der Waals surface area contributed by atoms with Crippen LogP contribution >= 0.6 is 0 Å². The highest BCUT2D eigenvalue weighted by atomic mass is 16.5. The lowest BCUT2D eigenvalue weighted by Gasteiger charge is -2.19. The Kier molecular flexibility index (Phi) is 9.47. The fraction of sp³-hybridized carbons (Fsp3) is 0.273. The van der Waals surface area contributed by atoms with Crippen LogP contribution in [0.25, 0.3) is 0 Å². The van der Waals surface area contributed by atoms with E-state index < -0.39 is 0 Å². The van der Waals surface area contributed by atoms with Gasteiger partial charge in [-0.15, -0.1) is 0 Å². The molecule has 0 amide bonds. The van der Waals surface area contributed by atoms with Crippen LogP contribution in [-0.4, -0.2) is 14.2 Å². The van der Waals surface area contributed by atoms with Crippen molar-refractivity contribution in [3.05, 3.63) is 106 Å². The maximum Gasteiger partial charge on any atom is 0.138 e. The summed E-state index contributed by atoms with van der Waals surface area (Å²) in [5.41, 5.74) is 19.8. The van der Waals surface area contributed by atoms with Gasteiger partial charge in [0.15, 0.2) is 0 Å². The summed E-state index contributed by atoms with van der Waals surface area (Å²) in [6, 6.07) is 23.7. The number of hydrogen-bond acceptors (Lipinski definition) is 6. The molecule has 0 radical (unpaired) electrons. The zero-order valence-corrected chi connectivity index (χ0v) is 23.3. The van der Waals surface area contributed by atoms with Crippen LogP contribution in [0.15, 0.2) is 72.8 Å². The summed E-state index contributed by atoms with van der Waals surface area (Å²) in [6.45, 7) is 5.16. The second-order valence-corrected chi connectivity index (χ2v) is 9.58. The van der Waals surface area contributed by atoms with Crippen molar-refractivity contribution in [1.82, 2.24) is 0 Å². The molecule has 39 heavy (non-hydrogen) atoms. The van der Waals surface area contributed by atoms with Crippen LogP contribution in [0.3, 0.4) is 0 Å². The Balaban J connectivity index is 1.68. The van der Waals surface area contributed by atoms with Crippen molar-refractivity contribution in [1.29, 1.82) is 0 Å². The van der Waals surface area contributed by atoms with E-state index in [1.165, 1.54) is 16.7 Å². The molecule has 0 aliphatic heterocycles. The quantitative estimate of drug-likeness (QED) is 0.186. The van der Waals surface area contributed by atoms with Gasteiger partial charge in [0, 0.05) is 36.7 Å². The first-order chi connectivity index (χ1) is 18.9. The van der Waals surface area contributed by atoms with Crippen LogP contribution in [0.2, 0.25) is 0 Å². The van der Waals surface area contributed by atoms with Gasteiger partial charge in [0.05, 0.1) is 13.2 Å². The molecule has 4 rings (SSSR count). The van der Waals surface area contributed by atoms with Gasteiger partial charge < -0.3 is 30.4 Å². The highest BCUT2D eigenvalue weighted by molar-refractivity contribution is 5.52. The van der Waals surface area contributed by atoms with E-state index in [1.54, 1.807) is 14.2 Å². The van der Waals surface area contributed by atoms with Crippen molar-refractivity contribution in [2.75, 3.05) is 25.7 Å². The number of rotatable bonds is 12. The maximum atomic E-state index is 6.35. The molecule has 0 saturated heterocycles. The topological polar surface area (TPSA) is 89.0 Å². The first-order valence-corrected chi connectivity index (χ1v) is 13.3. The first kappa shape index (κ1) is 28.0. The van der Waals surface area contributed by atoms with Gasteiger partial charge in [-0.2, -0.15) is 0 Å². The summed E-state index contributed by atoms with van der Waals surface area (Å²) in [5.74, 6) is 3.18. The lowest BCUT2D eigenvalue weighted by atomic mass is 9.94. The third-order valence-electron chi connectivity index (χ3n) is 6.57. The molecule has 204 valence electrons. The fourth-order valence-electron chi connectivity index (χ4n) is 4.71. The second-order valence-electron chi connectivity index (χ2n) is 9.58. The number of benzene rings is 4. The standard InChI is InChI=1S/C33H38N2O4/c1-5-24-16-22(17-25(6-2)32(24)38-30-11-7-28(34)8-12-30)15-23-18-26(20-36-3)33(27(19-23)21-37-4)39-31-13-9-29(35)10-14-31/h7-14,16-19H,5-6,15,20-21,34-35H2,1-4H3. The highest BCUT2D eigenvalue weighted by Crippen LogP contribution is 2.35. The van der Waals surface area contributed by atoms with E-state index in [4.69, 9.17) is 30.4 Å². The van der Waals surface area contributed by atoms with Gasteiger partial charge in [-0.25, -0.2) is 0 Å². The molecule has 0 spiro atoms. The molecule has 0 atom stereocenters. The minimum absolute atomic E-state index is 0.420. The molecule has 0 fully saturated rings. The Hall–Kier alpha value is -4.00. The summed E-state index contributed by atoms with van der Waals surface area (Å²) in [5, 5.41) is 0. The van der Waals surface area contributed by atoms with Crippen LogP contribution in [0.4, 0.5) is 11.4 Å². The third kappa shape index (κ3) is 7.11. The van der Waals surface area contributed by atoms with Crippen LogP contribution in [0.5, 0.6) is 23.0 Å². The van der Waals surface area contributed by atoms with Crippen molar-refractivity contribution in [3.8, 4) is 23.0 Å². The van der Waals surface area contributed by atoms with Crippen molar-refractivity contribution in [2.45, 2.75) is 46.3 Å². The number of aryl methyl sites for hydroxylation is 2. The van der Waals surface area contributed by atoms with Crippen molar-refractivity contribution < 1.29 is 18.9 Å². The molecule has 6 heteroatoms. The van der Waals surface area contributed by atoms with E-state index in [1.807, 2.05) is 48.5 Å². The Labute approximate surface area is 231 Å². The lowest BCUT2D eigenvalue weighted by molar-refractivity contribution is 0.175. The Morgan fingerprint density at radius 3 is 1.26 bits per heavy atom. The van der Waals surface area contributed by atoms with Gasteiger partial charge in [-0.3, -0.25) is 0 Å². The van der Waals surface area contributed by atoms with E-state index in [-0.39, 0.29) is 0 Å². The van der Waals surface area contributed by atoms with E-state index in [9.17, 15) is 0 Å². The van der Waals surface area contributed by atoms with Gasteiger partial charge in [0.25, 0.3) is 0 Å². The summed E-state index contributed by atoms with van der Waals surface area (Å²) >= 11 is 0. The van der Waals surface area contributed by atoms with Gasteiger partial charge >= 0.3 is 0 Å². The Morgan fingerprint density at radius 2 is 0.897 bits per heavy atom. The molecule has 0 heterocycles. The number of hydrogen-bond donors (Lipinski definition) is 2. The second kappa shape index (κ2) is 13.2. The molecule has 0 aliphatic rings. The van der Waals surface area contributed by atoms with Crippen LogP contribution < -0.4 is 20.9 Å². The SMILES string of the molecule is CCc1cc(Cc2cc(COC)c(Oc3ccc(N)cc3)c(COC)c2)cc(CC)c1Oc1ccc(N)cc1. The number of nitrogen functional groups attached to an aromatic ring is 2. The van der Waals surface area contributed by atoms with E-state index in [2.05, 4.69) is 38.1 Å². The monoisotopic (exact) mass is 526 g/mol. The van der Waals surface area contributed by atoms with Gasteiger partial charge in [-0.1, -0.05) is 26.0 Å².